The van der Waals surface area contributed by atoms with Crippen molar-refractivity contribution in [1.82, 2.24) is 52.8 Å². The van der Waals surface area contributed by atoms with Gasteiger partial charge in [0.25, 0.3) is 0 Å². The van der Waals surface area contributed by atoms with Crippen molar-refractivity contribution in [2.24, 2.45) is 0 Å². The van der Waals surface area contributed by atoms with Gasteiger partial charge in [0.05, 0.1) is 45.1 Å². The van der Waals surface area contributed by atoms with E-state index < -0.39 is 239 Å². The van der Waals surface area contributed by atoms with Gasteiger partial charge in [-0.2, -0.15) is 0 Å². The number of aliphatic hydroxyl groups excluding tert-OH is 12. The van der Waals surface area contributed by atoms with Crippen molar-refractivity contribution in [3.63, 3.8) is 0 Å². The third-order valence-electron chi connectivity index (χ3n) is 18.7. The molecule has 101 heavy (non-hydrogen) atoms. The first-order chi connectivity index (χ1) is 48.4. The number of nitrogens with one attached hydrogen (secondary N) is 11. The van der Waals surface area contributed by atoms with Crippen LogP contribution in [-0.2, 0) is 63.6 Å². The second kappa shape index (κ2) is 31.9. The van der Waals surface area contributed by atoms with Crippen LogP contribution in [-0.4, -0.2) is 313 Å². The molecule has 39 heteroatoms. The van der Waals surface area contributed by atoms with Gasteiger partial charge in [-0.1, -0.05) is 49.4 Å². The van der Waals surface area contributed by atoms with Crippen LogP contribution in [0.25, 0.3) is 0 Å². The zero-order valence-electron chi connectivity index (χ0n) is 53.7. The maximum Gasteiger partial charge on any atom is 0.246 e. The van der Waals surface area contributed by atoms with Crippen LogP contribution >= 0.6 is 0 Å². The standard InChI is InChI=1S/C62H82N12O27/c1-23(25-5-3-2-4-6-25)38-54(90)68-28(13-24-7-10-27(11-8-24)96-59-48(86)45(83)50(35(20-77)98-59)101-60-49(87)46(84)51-36(99-60)21-93-58(100-51)26-9-12-32-33(14-26)95-22-94-32)53(89)72-39(41(79)29-15-66-61(63)70-29)56(92)73-40(55(91)69-30(18-75)52(88)65-17-37(78)71-38)42(80)31-16-67-62(64)74(31)57-47(85)44(82)43(81)34(19-76)97-57/h2-12,14,23,28-31,34-36,38-51,57-60,75-77,79-87H,13,15-22H2,1H3,(H2,64,67)(H,65,88)(H,68,90)(H,69,91)(H,71,78)(H,72,89)(H,73,92)(H3,63,66,70). The van der Waals surface area contributed by atoms with Crippen molar-refractivity contribution in [3.8, 4) is 17.2 Å². The smallest absolute Gasteiger partial charge is 0.246 e. The maximum absolute atomic E-state index is 15.2. The molecule has 0 saturated carbocycles. The van der Waals surface area contributed by atoms with Crippen LogP contribution < -0.4 is 62.1 Å². The number of guanidine groups is 2. The topological polar surface area (TPSA) is 587 Å². The lowest BCUT2D eigenvalue weighted by molar-refractivity contribution is -0.383. The van der Waals surface area contributed by atoms with E-state index in [4.69, 9.17) is 53.5 Å². The third kappa shape index (κ3) is 16.0. The van der Waals surface area contributed by atoms with E-state index >= 15 is 9.59 Å². The molecular formula is C62H82N12O27. The summed E-state index contributed by atoms with van der Waals surface area (Å²) in [4.78, 5) is 88.4. The molecule has 8 aliphatic heterocycles. The highest BCUT2D eigenvalue weighted by atomic mass is 16.8. The van der Waals surface area contributed by atoms with Gasteiger partial charge in [-0.05, 0) is 41.5 Å². The molecule has 7 saturated heterocycles. The number of fused-ring (bicyclic) bond motifs is 2. The van der Waals surface area contributed by atoms with Gasteiger partial charge >= 0.3 is 0 Å². The number of hydrogen-bond acceptors (Lipinski definition) is 29. The highest BCUT2D eigenvalue weighted by molar-refractivity contribution is 5.98. The molecule has 0 radical (unpaired) electrons. The van der Waals surface area contributed by atoms with Crippen LogP contribution in [0.4, 0.5) is 0 Å². The minimum Gasteiger partial charge on any atom is -0.462 e. The maximum atomic E-state index is 15.2. The van der Waals surface area contributed by atoms with Crippen molar-refractivity contribution in [2.75, 3.05) is 52.9 Å². The SMILES string of the molecule is CC(c1ccccc1)C1NC(=O)CNC(=O)C(CO)NC(=O)C(C(O)C2CNC(=N)N2C2OC(CO)C(O)C(O)C2O)NC(=O)C(C(O)C2CNC(=N)N2)NC(=O)C(Cc2ccc(OC3OC(CO)C(OC4OC5COC(c6ccc7c(c6)OCO7)OC5C(O)C4O)C(O)C3O)cc2)NC1=O. The molecule has 552 valence electrons. The summed E-state index contributed by atoms with van der Waals surface area (Å²) in [5.74, 6) is -8.29. The van der Waals surface area contributed by atoms with Crippen LogP contribution in [0.3, 0.4) is 0 Å². The van der Waals surface area contributed by atoms with E-state index in [1.54, 1.807) is 55.5 Å². The predicted octanol–water partition coefficient (Wildman–Crippen LogP) is -10.7. The average molecular weight is 1430 g/mol. The molecule has 26 atom stereocenters. The molecule has 39 nitrogen and oxygen atoms in total. The Morgan fingerprint density at radius 2 is 1.27 bits per heavy atom. The molecule has 8 aliphatic rings. The van der Waals surface area contributed by atoms with Crippen molar-refractivity contribution in [3.05, 3.63) is 89.5 Å². The van der Waals surface area contributed by atoms with Gasteiger partial charge in [-0.15, -0.1) is 0 Å². The number of carbonyl (C=O) groups excluding carboxylic acids is 6. The lowest BCUT2D eigenvalue weighted by atomic mass is 9.92. The minimum atomic E-state index is -2.36. The molecule has 0 spiro atoms. The Morgan fingerprint density at radius 1 is 0.594 bits per heavy atom. The van der Waals surface area contributed by atoms with E-state index in [0.717, 1.165) is 4.90 Å². The van der Waals surface area contributed by atoms with Crippen LogP contribution in [0, 0.1) is 10.8 Å². The van der Waals surface area contributed by atoms with Gasteiger partial charge < -0.3 is 157 Å². The molecule has 6 amide bonds. The van der Waals surface area contributed by atoms with Crippen molar-refractivity contribution >= 4 is 47.4 Å². The summed E-state index contributed by atoms with van der Waals surface area (Å²) in [7, 11) is 0. The van der Waals surface area contributed by atoms with E-state index in [1.807, 2.05) is 0 Å². The second-order valence-corrected chi connectivity index (χ2v) is 25.3. The van der Waals surface area contributed by atoms with Gasteiger partial charge in [-0.25, -0.2) is 0 Å². The number of aliphatic hydroxyl groups is 12. The Balaban J connectivity index is 0.839. The zero-order chi connectivity index (χ0) is 72.2. The first-order valence-corrected chi connectivity index (χ1v) is 32.4. The van der Waals surface area contributed by atoms with E-state index in [2.05, 4.69) is 47.9 Å². The molecule has 26 unspecified atom stereocenters. The molecule has 7 fully saturated rings. The summed E-state index contributed by atoms with van der Waals surface area (Å²) >= 11 is 0. The average Bonchev–Trinajstić information content (AvgIpc) is 0.940. The molecule has 0 bridgehead atoms. The van der Waals surface area contributed by atoms with Crippen molar-refractivity contribution < 1.29 is 133 Å². The summed E-state index contributed by atoms with van der Waals surface area (Å²) in [6.07, 6.45) is -31.2. The van der Waals surface area contributed by atoms with Gasteiger partial charge in [0.2, 0.25) is 48.5 Å². The predicted molar refractivity (Wildman–Crippen MR) is 335 cm³/mol. The number of amides is 6. The van der Waals surface area contributed by atoms with Crippen molar-refractivity contribution in [2.45, 2.75) is 172 Å². The Bertz CT molecular complexity index is 3460. The number of nitrogens with zero attached hydrogens (tertiary/aromatic N) is 1. The quantitative estimate of drug-likeness (QED) is 0.0597. The van der Waals surface area contributed by atoms with Gasteiger partial charge in [0.1, 0.15) is 121 Å². The van der Waals surface area contributed by atoms with E-state index in [0.29, 0.717) is 22.6 Å². The van der Waals surface area contributed by atoms with Crippen LogP contribution in [0.2, 0.25) is 0 Å². The lowest BCUT2D eigenvalue weighted by Gasteiger charge is -2.48. The third-order valence-corrected chi connectivity index (χ3v) is 18.7. The molecule has 3 aromatic rings. The Hall–Kier alpha value is -8.30. The second-order valence-electron chi connectivity index (χ2n) is 25.3. The molecule has 8 heterocycles. The number of hydrogen-bond donors (Lipinski definition) is 23. The monoisotopic (exact) mass is 1430 g/mol. The van der Waals surface area contributed by atoms with Crippen LogP contribution in [0.5, 0.6) is 17.2 Å². The van der Waals surface area contributed by atoms with Gasteiger partial charge in [0, 0.05) is 31.0 Å². The molecule has 0 aromatic heterocycles. The highest BCUT2D eigenvalue weighted by Gasteiger charge is 2.56. The number of carbonyl (C=O) groups is 6. The first-order valence-electron chi connectivity index (χ1n) is 32.4. The van der Waals surface area contributed by atoms with E-state index in [-0.39, 0.29) is 37.2 Å². The van der Waals surface area contributed by atoms with E-state index in [1.165, 1.54) is 24.3 Å². The molecule has 0 aliphatic carbocycles. The van der Waals surface area contributed by atoms with Gasteiger partial charge in [0.15, 0.2) is 42.2 Å². The number of ether oxygens (including phenoxy) is 9. The fourth-order valence-corrected chi connectivity index (χ4v) is 13.0. The summed E-state index contributed by atoms with van der Waals surface area (Å²) in [5.41, 5.74) is 1.24. The fourth-order valence-electron chi connectivity index (χ4n) is 13.0. The summed E-state index contributed by atoms with van der Waals surface area (Å²) in [6, 6.07) is 5.84. The normalized spacial score (nSPS) is 36.8. The number of benzene rings is 3. The zero-order valence-corrected chi connectivity index (χ0v) is 53.7. The first kappa shape index (κ1) is 73.9. The fraction of sp³-hybridized carbons (Fsp3) is 0.581. The largest absolute Gasteiger partial charge is 0.462 e. The number of rotatable bonds is 17. The summed E-state index contributed by atoms with van der Waals surface area (Å²) < 4.78 is 52.2. The molecular weight excluding hydrogens is 1340 g/mol. The summed E-state index contributed by atoms with van der Waals surface area (Å²) in [5, 5.41) is 173. The van der Waals surface area contributed by atoms with E-state index in [9.17, 15) is 80.5 Å². The lowest BCUT2D eigenvalue weighted by Crippen LogP contribution is -2.69. The molecule has 3 aromatic carbocycles. The van der Waals surface area contributed by atoms with Gasteiger partial charge in [-0.3, -0.25) is 39.6 Å². The van der Waals surface area contributed by atoms with Crippen LogP contribution in [0.15, 0.2) is 72.8 Å². The molecule has 11 rings (SSSR count). The summed E-state index contributed by atoms with van der Waals surface area (Å²) in [6.45, 7) is -3.16. The van der Waals surface area contributed by atoms with Crippen LogP contribution in [0.1, 0.15) is 35.8 Å². The van der Waals surface area contributed by atoms with Crippen molar-refractivity contribution in [1.29, 1.82) is 10.8 Å². The molecule has 23 N–H and O–H groups in total. The Labute approximate surface area is 573 Å². The Kier molecular flexibility index (Phi) is 23.4. The Morgan fingerprint density at radius 3 is 1.97 bits per heavy atom. The minimum absolute atomic E-state index is 0.0251. The highest BCUT2D eigenvalue weighted by Crippen LogP contribution is 2.40.